The molecule has 29 heavy (non-hydrogen) atoms. The maximum atomic E-state index is 13.1. The van der Waals surface area contributed by atoms with Crippen molar-refractivity contribution in [2.24, 2.45) is 0 Å². The number of halogens is 2. The molecule has 1 aliphatic heterocycles. The van der Waals surface area contributed by atoms with Gasteiger partial charge in [-0.2, -0.15) is 0 Å². The SMILES string of the molecule is O=C(Cc1ccc(Cl)c(Cl)c1)N1CCCC[C@@H]1C(O)c1cnccc1OC1CC1. The summed E-state index contributed by atoms with van der Waals surface area (Å²) in [7, 11) is 0. The van der Waals surface area contributed by atoms with Crippen LogP contribution in [0.25, 0.3) is 0 Å². The number of hydrogen-bond donors (Lipinski definition) is 1. The fourth-order valence-corrected chi connectivity index (χ4v) is 4.14. The Morgan fingerprint density at radius 1 is 1.21 bits per heavy atom. The predicted molar refractivity (Wildman–Crippen MR) is 112 cm³/mol. The Kier molecular flexibility index (Phi) is 6.28. The Morgan fingerprint density at radius 2 is 2.03 bits per heavy atom. The smallest absolute Gasteiger partial charge is 0.227 e. The zero-order valence-electron chi connectivity index (χ0n) is 16.1. The van der Waals surface area contributed by atoms with Crippen LogP contribution < -0.4 is 4.74 Å². The number of aromatic nitrogens is 1. The van der Waals surface area contributed by atoms with Gasteiger partial charge in [-0.1, -0.05) is 29.3 Å². The summed E-state index contributed by atoms with van der Waals surface area (Å²) < 4.78 is 5.95. The number of piperidine rings is 1. The Hall–Kier alpha value is -1.82. The number of nitrogens with zero attached hydrogens (tertiary/aromatic N) is 2. The van der Waals surface area contributed by atoms with Crippen molar-refractivity contribution in [1.29, 1.82) is 0 Å². The van der Waals surface area contributed by atoms with Crippen LogP contribution in [0.15, 0.2) is 36.7 Å². The summed E-state index contributed by atoms with van der Waals surface area (Å²) in [5, 5.41) is 12.1. The predicted octanol–water partition coefficient (Wildman–Crippen LogP) is 4.59. The van der Waals surface area contributed by atoms with Crippen molar-refractivity contribution >= 4 is 29.1 Å². The second kappa shape index (κ2) is 8.90. The van der Waals surface area contributed by atoms with Gasteiger partial charge in [0.25, 0.3) is 0 Å². The van der Waals surface area contributed by atoms with Crippen molar-refractivity contribution < 1.29 is 14.6 Å². The number of hydrogen-bond acceptors (Lipinski definition) is 4. The first-order valence-corrected chi connectivity index (χ1v) is 10.8. The van der Waals surface area contributed by atoms with E-state index in [1.807, 2.05) is 6.07 Å². The molecular weight excluding hydrogens is 411 g/mol. The first-order chi connectivity index (χ1) is 14.0. The minimum atomic E-state index is -0.837. The number of ether oxygens (including phenoxy) is 1. The van der Waals surface area contributed by atoms with Crippen LogP contribution in [0.3, 0.4) is 0 Å². The summed E-state index contributed by atoms with van der Waals surface area (Å²) in [6.07, 6.45) is 7.64. The molecule has 1 aromatic carbocycles. The monoisotopic (exact) mass is 434 g/mol. The second-order valence-corrected chi connectivity index (χ2v) is 8.57. The van der Waals surface area contributed by atoms with Crippen LogP contribution in [0.1, 0.15) is 49.3 Å². The van der Waals surface area contributed by atoms with Crippen LogP contribution in [0.2, 0.25) is 10.0 Å². The van der Waals surface area contributed by atoms with Gasteiger partial charge in [-0.3, -0.25) is 9.78 Å². The van der Waals surface area contributed by atoms with Gasteiger partial charge in [-0.05, 0) is 55.9 Å². The van der Waals surface area contributed by atoms with E-state index in [4.69, 9.17) is 27.9 Å². The van der Waals surface area contributed by atoms with Gasteiger partial charge in [0.05, 0.1) is 28.6 Å². The number of carbonyl (C=O) groups excluding carboxylic acids is 1. The number of aliphatic hydroxyl groups is 1. The summed E-state index contributed by atoms with van der Waals surface area (Å²) in [6.45, 7) is 0.626. The third-order valence-electron chi connectivity index (χ3n) is 5.52. The number of likely N-dealkylation sites (tertiary alicyclic amines) is 1. The first-order valence-electron chi connectivity index (χ1n) is 10.0. The lowest BCUT2D eigenvalue weighted by atomic mass is 9.92. The third-order valence-corrected chi connectivity index (χ3v) is 6.26. The molecule has 1 N–H and O–H groups in total. The standard InChI is InChI=1S/C22H24Cl2N2O3/c23-17-7-4-14(11-18(17)24)12-21(27)26-10-2-1-3-19(26)22(28)16-13-25-9-8-20(16)29-15-5-6-15/h4,7-9,11,13,15,19,22,28H,1-3,5-6,10,12H2/t19-,22?/m1/s1. The van der Waals surface area contributed by atoms with E-state index in [9.17, 15) is 9.90 Å². The van der Waals surface area contributed by atoms with E-state index in [2.05, 4.69) is 4.98 Å². The van der Waals surface area contributed by atoms with E-state index in [1.54, 1.807) is 35.5 Å². The number of benzene rings is 1. The maximum absolute atomic E-state index is 13.1. The third kappa shape index (κ3) is 4.85. The van der Waals surface area contributed by atoms with E-state index < -0.39 is 6.10 Å². The molecule has 2 aromatic rings. The Morgan fingerprint density at radius 3 is 2.79 bits per heavy atom. The highest BCUT2D eigenvalue weighted by molar-refractivity contribution is 6.42. The largest absolute Gasteiger partial charge is 0.490 e. The van der Waals surface area contributed by atoms with Crippen molar-refractivity contribution in [1.82, 2.24) is 9.88 Å². The highest BCUT2D eigenvalue weighted by atomic mass is 35.5. The van der Waals surface area contributed by atoms with Crippen LogP contribution in [-0.4, -0.2) is 39.6 Å². The van der Waals surface area contributed by atoms with E-state index >= 15 is 0 Å². The van der Waals surface area contributed by atoms with Crippen LogP contribution >= 0.6 is 23.2 Å². The van der Waals surface area contributed by atoms with Crippen molar-refractivity contribution in [3.8, 4) is 5.75 Å². The summed E-state index contributed by atoms with van der Waals surface area (Å²) in [5.41, 5.74) is 1.46. The first kappa shape index (κ1) is 20.5. The molecule has 1 aromatic heterocycles. The zero-order valence-corrected chi connectivity index (χ0v) is 17.6. The molecule has 4 rings (SSSR count). The molecule has 5 nitrogen and oxygen atoms in total. The second-order valence-electron chi connectivity index (χ2n) is 7.75. The van der Waals surface area contributed by atoms with Gasteiger partial charge < -0.3 is 14.7 Å². The van der Waals surface area contributed by atoms with Crippen molar-refractivity contribution in [3.05, 3.63) is 57.8 Å². The van der Waals surface area contributed by atoms with Crippen LogP contribution in [0.4, 0.5) is 0 Å². The fraction of sp³-hybridized carbons (Fsp3) is 0.455. The molecule has 1 saturated carbocycles. The molecule has 1 saturated heterocycles. The number of rotatable bonds is 6. The fourth-order valence-electron chi connectivity index (χ4n) is 3.82. The summed E-state index contributed by atoms with van der Waals surface area (Å²) >= 11 is 12.1. The van der Waals surface area contributed by atoms with E-state index in [1.165, 1.54) is 0 Å². The molecule has 1 unspecified atom stereocenters. The van der Waals surface area contributed by atoms with Gasteiger partial charge in [0.1, 0.15) is 11.9 Å². The molecule has 7 heteroatoms. The highest BCUT2D eigenvalue weighted by Gasteiger charge is 2.35. The minimum absolute atomic E-state index is 0.0271. The van der Waals surface area contributed by atoms with E-state index in [0.29, 0.717) is 27.9 Å². The average Bonchev–Trinajstić information content (AvgIpc) is 3.55. The molecule has 0 spiro atoms. The topological polar surface area (TPSA) is 62.7 Å². The summed E-state index contributed by atoms with van der Waals surface area (Å²) in [4.78, 5) is 19.0. The molecular formula is C22H24Cl2N2O3. The Bertz CT molecular complexity index is 888. The van der Waals surface area contributed by atoms with Gasteiger partial charge in [-0.15, -0.1) is 0 Å². The highest BCUT2D eigenvalue weighted by Crippen LogP contribution is 2.36. The maximum Gasteiger partial charge on any atom is 0.227 e. The minimum Gasteiger partial charge on any atom is -0.490 e. The summed E-state index contributed by atoms with van der Waals surface area (Å²) in [5.74, 6) is 0.637. The average molecular weight is 435 g/mol. The van der Waals surface area contributed by atoms with Crippen LogP contribution in [0.5, 0.6) is 5.75 Å². The summed E-state index contributed by atoms with van der Waals surface area (Å²) in [6, 6.07) is 6.72. The van der Waals surface area contributed by atoms with Gasteiger partial charge >= 0.3 is 0 Å². The number of aliphatic hydroxyl groups excluding tert-OH is 1. The van der Waals surface area contributed by atoms with E-state index in [0.717, 1.165) is 37.7 Å². The molecule has 2 heterocycles. The van der Waals surface area contributed by atoms with E-state index in [-0.39, 0.29) is 24.5 Å². The van der Waals surface area contributed by atoms with Crippen LogP contribution in [0, 0.1) is 0 Å². The quantitative estimate of drug-likeness (QED) is 0.721. The van der Waals surface area contributed by atoms with Crippen molar-refractivity contribution in [3.63, 3.8) is 0 Å². The molecule has 154 valence electrons. The van der Waals surface area contributed by atoms with Crippen molar-refractivity contribution in [2.75, 3.05) is 6.54 Å². The lowest BCUT2D eigenvalue weighted by Crippen LogP contribution is -2.47. The molecule has 1 aliphatic carbocycles. The number of carbonyl (C=O) groups is 1. The molecule has 2 aliphatic rings. The lowest BCUT2D eigenvalue weighted by molar-refractivity contribution is -0.137. The molecule has 0 radical (unpaired) electrons. The molecule has 2 fully saturated rings. The molecule has 0 bridgehead atoms. The molecule has 2 atom stereocenters. The number of amides is 1. The lowest BCUT2D eigenvalue weighted by Gasteiger charge is -2.39. The van der Waals surface area contributed by atoms with Crippen molar-refractivity contribution in [2.45, 2.75) is 56.8 Å². The zero-order chi connectivity index (χ0) is 20.4. The van der Waals surface area contributed by atoms with Gasteiger partial charge in [-0.25, -0.2) is 0 Å². The van der Waals surface area contributed by atoms with Crippen LogP contribution in [-0.2, 0) is 11.2 Å². The molecule has 1 amide bonds. The Labute approximate surface area is 180 Å². The Balaban J connectivity index is 1.52. The number of pyridine rings is 1. The van der Waals surface area contributed by atoms with Gasteiger partial charge in [0, 0.05) is 24.5 Å². The normalized spacial score (nSPS) is 20.4. The van der Waals surface area contributed by atoms with Gasteiger partial charge in [0.2, 0.25) is 5.91 Å². The van der Waals surface area contributed by atoms with Gasteiger partial charge in [0.15, 0.2) is 0 Å².